The lowest BCUT2D eigenvalue weighted by molar-refractivity contribution is 0.0531. The normalized spacial score (nSPS) is 20.0. The van der Waals surface area contributed by atoms with Gasteiger partial charge in [0.1, 0.15) is 29.4 Å². The highest BCUT2D eigenvalue weighted by atomic mass is 19.1. The largest absolute Gasteiger partial charge is 0.493 e. The molecule has 0 saturated heterocycles. The summed E-state index contributed by atoms with van der Waals surface area (Å²) in [5.41, 5.74) is 1.40. The fourth-order valence-electron chi connectivity index (χ4n) is 4.13. The van der Waals surface area contributed by atoms with Crippen molar-refractivity contribution in [3.63, 3.8) is 0 Å². The molecule has 164 valence electrons. The molecule has 0 fully saturated rings. The van der Waals surface area contributed by atoms with Crippen molar-refractivity contribution in [2.24, 2.45) is 0 Å². The number of Topliss-reactive ketones (excluding diaryl/α,β-unsaturated/α-hetero) is 1. The van der Waals surface area contributed by atoms with E-state index >= 15 is 0 Å². The molecule has 1 aromatic heterocycles. The molecule has 6 nitrogen and oxygen atoms in total. The summed E-state index contributed by atoms with van der Waals surface area (Å²) in [6, 6.07) is 11.3. The number of hydrogen-bond donors (Lipinski definition) is 0. The molecule has 0 bridgehead atoms. The molecule has 0 radical (unpaired) electrons. The molecule has 3 aromatic rings. The maximum atomic E-state index is 14.1. The zero-order valence-electron chi connectivity index (χ0n) is 17.9. The van der Waals surface area contributed by atoms with E-state index in [-0.39, 0.29) is 5.78 Å². The lowest BCUT2D eigenvalue weighted by Crippen LogP contribution is -2.34. The van der Waals surface area contributed by atoms with Crippen molar-refractivity contribution in [2.75, 3.05) is 0 Å². The topological polar surface area (TPSA) is 66.8 Å². The van der Waals surface area contributed by atoms with Crippen LogP contribution in [0.4, 0.5) is 9.18 Å². The molecule has 0 N–H and O–H groups in total. The second kappa shape index (κ2) is 7.22. The van der Waals surface area contributed by atoms with Gasteiger partial charge in [-0.15, -0.1) is 0 Å². The SMILES string of the molecule is CC(C)(C)OC(=O)n1cc([C@H]2C[C@@H]3Oc4ccccc4C(=O)C3=CO2)c2cc(F)ccc21. The molecule has 0 amide bonds. The Kier molecular flexibility index (Phi) is 4.58. The minimum atomic E-state index is -0.684. The molecule has 2 atom stereocenters. The van der Waals surface area contributed by atoms with Crippen LogP contribution in [0.25, 0.3) is 10.9 Å². The van der Waals surface area contributed by atoms with Crippen molar-refractivity contribution >= 4 is 22.8 Å². The Morgan fingerprint density at radius 1 is 1.16 bits per heavy atom. The van der Waals surface area contributed by atoms with Crippen LogP contribution < -0.4 is 4.74 Å². The van der Waals surface area contributed by atoms with E-state index in [1.807, 2.05) is 6.07 Å². The fourth-order valence-corrected chi connectivity index (χ4v) is 4.13. The van der Waals surface area contributed by atoms with Crippen LogP contribution in [0, 0.1) is 5.82 Å². The van der Waals surface area contributed by atoms with Gasteiger partial charge in [-0.25, -0.2) is 9.18 Å². The van der Waals surface area contributed by atoms with Gasteiger partial charge in [0.05, 0.1) is 22.9 Å². The number of rotatable bonds is 1. The molecular formula is C25H22FNO5. The molecule has 3 heterocycles. The molecule has 0 saturated carbocycles. The summed E-state index contributed by atoms with van der Waals surface area (Å²) in [5, 5.41) is 0.542. The van der Waals surface area contributed by atoms with Crippen LogP contribution in [-0.4, -0.2) is 28.1 Å². The van der Waals surface area contributed by atoms with Crippen molar-refractivity contribution in [3.8, 4) is 5.75 Å². The average molecular weight is 435 g/mol. The van der Waals surface area contributed by atoms with Gasteiger partial charge in [-0.3, -0.25) is 9.36 Å². The lowest BCUT2D eigenvalue weighted by atomic mass is 9.89. The van der Waals surface area contributed by atoms with Crippen molar-refractivity contribution in [2.45, 2.75) is 45.0 Å². The first-order chi connectivity index (χ1) is 15.2. The highest BCUT2D eigenvalue weighted by Gasteiger charge is 2.38. The number of aromatic nitrogens is 1. The first-order valence-electron chi connectivity index (χ1n) is 10.4. The average Bonchev–Trinajstić information content (AvgIpc) is 3.11. The molecule has 7 heteroatoms. The number of carbonyl (C=O) groups excluding carboxylic acids is 2. The van der Waals surface area contributed by atoms with Crippen LogP contribution in [0.2, 0.25) is 0 Å². The van der Waals surface area contributed by atoms with Crippen LogP contribution in [-0.2, 0) is 9.47 Å². The summed E-state index contributed by atoms with van der Waals surface area (Å²) < 4.78 is 33.0. The molecule has 2 aliphatic rings. The zero-order valence-corrected chi connectivity index (χ0v) is 17.9. The third-order valence-corrected chi connectivity index (χ3v) is 5.53. The number of ether oxygens (including phenoxy) is 3. The molecule has 0 unspecified atom stereocenters. The van der Waals surface area contributed by atoms with Gasteiger partial charge >= 0.3 is 6.09 Å². The molecule has 0 aliphatic carbocycles. The van der Waals surface area contributed by atoms with Gasteiger partial charge < -0.3 is 14.2 Å². The summed E-state index contributed by atoms with van der Waals surface area (Å²) in [7, 11) is 0. The van der Waals surface area contributed by atoms with E-state index < -0.39 is 29.7 Å². The van der Waals surface area contributed by atoms with Gasteiger partial charge in [0.2, 0.25) is 0 Å². The quantitative estimate of drug-likeness (QED) is 0.501. The first-order valence-corrected chi connectivity index (χ1v) is 10.4. The smallest absolute Gasteiger partial charge is 0.419 e. The van der Waals surface area contributed by atoms with Crippen LogP contribution in [0.1, 0.15) is 49.2 Å². The first kappa shape index (κ1) is 20.3. The molecule has 5 rings (SSSR count). The predicted octanol–water partition coefficient (Wildman–Crippen LogP) is 5.55. The van der Waals surface area contributed by atoms with Crippen molar-refractivity contribution in [1.82, 2.24) is 4.57 Å². The number of hydrogen-bond acceptors (Lipinski definition) is 5. The molecule has 32 heavy (non-hydrogen) atoms. The minimum Gasteiger partial charge on any atom is -0.493 e. The highest BCUT2D eigenvalue weighted by molar-refractivity contribution is 6.12. The number of benzene rings is 2. The van der Waals surface area contributed by atoms with E-state index in [1.54, 1.807) is 51.2 Å². The second-order valence-corrected chi connectivity index (χ2v) is 8.96. The van der Waals surface area contributed by atoms with E-state index in [4.69, 9.17) is 14.2 Å². The molecular weight excluding hydrogens is 413 g/mol. The Hall–Kier alpha value is -3.61. The van der Waals surface area contributed by atoms with E-state index in [9.17, 15) is 14.0 Å². The predicted molar refractivity (Wildman–Crippen MR) is 115 cm³/mol. The van der Waals surface area contributed by atoms with Gasteiger partial charge in [0, 0.05) is 23.6 Å². The molecule has 0 spiro atoms. The van der Waals surface area contributed by atoms with Gasteiger partial charge in [-0.1, -0.05) is 12.1 Å². The Balaban J connectivity index is 1.53. The zero-order chi connectivity index (χ0) is 22.6. The van der Waals surface area contributed by atoms with Gasteiger partial charge in [-0.05, 0) is 51.1 Å². The number of halogens is 1. The Labute approximate surface area is 184 Å². The summed E-state index contributed by atoms with van der Waals surface area (Å²) in [4.78, 5) is 25.6. The summed E-state index contributed by atoms with van der Waals surface area (Å²) in [6.07, 6.45) is 1.79. The van der Waals surface area contributed by atoms with Crippen LogP contribution in [0.5, 0.6) is 5.75 Å². The van der Waals surface area contributed by atoms with Gasteiger partial charge in [-0.2, -0.15) is 0 Å². The van der Waals surface area contributed by atoms with Crippen LogP contribution in [0.15, 0.2) is 60.5 Å². The Morgan fingerprint density at radius 2 is 1.94 bits per heavy atom. The lowest BCUT2D eigenvalue weighted by Gasteiger charge is -2.33. The van der Waals surface area contributed by atoms with Crippen molar-refractivity contribution in [1.29, 1.82) is 0 Å². The fraction of sp³-hybridized carbons (Fsp3) is 0.280. The summed E-state index contributed by atoms with van der Waals surface area (Å²) >= 11 is 0. The maximum absolute atomic E-state index is 14.1. The Bertz CT molecular complexity index is 1280. The van der Waals surface area contributed by atoms with E-state index in [0.717, 1.165) is 0 Å². The monoisotopic (exact) mass is 435 g/mol. The number of carbonyl (C=O) groups is 2. The third kappa shape index (κ3) is 3.43. The van der Waals surface area contributed by atoms with Crippen molar-refractivity contribution < 1.29 is 28.2 Å². The maximum Gasteiger partial charge on any atom is 0.419 e. The van der Waals surface area contributed by atoms with E-state index in [2.05, 4.69) is 0 Å². The standard InChI is InChI=1S/C25H22FNO5/c1-25(2,3)32-24(29)27-12-17(16-10-14(26)8-9-19(16)27)21-11-22-18(13-30-21)23(28)15-6-4-5-7-20(15)31-22/h4-10,12-13,21-22H,11H2,1-3H3/t21-,22+/m1/s1. The summed E-state index contributed by atoms with van der Waals surface area (Å²) in [6.45, 7) is 5.34. The summed E-state index contributed by atoms with van der Waals surface area (Å²) in [5.74, 6) is -0.0224. The second-order valence-electron chi connectivity index (χ2n) is 8.96. The number of nitrogens with zero attached hydrogens (tertiary/aromatic N) is 1. The van der Waals surface area contributed by atoms with E-state index in [0.29, 0.717) is 39.8 Å². The third-order valence-electron chi connectivity index (χ3n) is 5.53. The van der Waals surface area contributed by atoms with Crippen molar-refractivity contribution in [3.05, 3.63) is 77.4 Å². The van der Waals surface area contributed by atoms with E-state index in [1.165, 1.54) is 23.0 Å². The number of fused-ring (bicyclic) bond motifs is 3. The van der Waals surface area contributed by atoms with Crippen LogP contribution >= 0.6 is 0 Å². The minimum absolute atomic E-state index is 0.127. The van der Waals surface area contributed by atoms with Gasteiger partial charge in [0.25, 0.3) is 0 Å². The van der Waals surface area contributed by atoms with Crippen LogP contribution in [0.3, 0.4) is 0 Å². The molecule has 2 aliphatic heterocycles. The highest BCUT2D eigenvalue weighted by Crippen LogP contribution is 2.41. The van der Waals surface area contributed by atoms with Gasteiger partial charge in [0.15, 0.2) is 5.78 Å². The number of para-hydroxylation sites is 1. The molecule has 2 aromatic carbocycles. The Morgan fingerprint density at radius 3 is 2.72 bits per heavy atom. The number of ketones is 1.